The molecule has 1 aliphatic heterocycles. The van der Waals surface area contributed by atoms with Crippen LogP contribution in [0.5, 0.6) is 0 Å². The molecule has 0 aromatic rings. The fourth-order valence-electron chi connectivity index (χ4n) is 2.63. The summed E-state index contributed by atoms with van der Waals surface area (Å²) in [5, 5.41) is 0. The number of esters is 3. The summed E-state index contributed by atoms with van der Waals surface area (Å²) < 4.78 is 14.2. The molecule has 0 atom stereocenters. The second-order valence-electron chi connectivity index (χ2n) is 5.91. The fourth-order valence-corrected chi connectivity index (χ4v) is 2.63. The van der Waals surface area contributed by atoms with Crippen molar-refractivity contribution >= 4 is 17.9 Å². The van der Waals surface area contributed by atoms with Crippen LogP contribution in [-0.4, -0.2) is 113 Å². The number of methoxy groups -OCH3 is 3. The molecule has 1 aliphatic rings. The van der Waals surface area contributed by atoms with E-state index in [1.54, 1.807) is 0 Å². The number of rotatable bonds is 6. The minimum Gasteiger partial charge on any atom is -0.468 e. The molecule has 144 valence electrons. The van der Waals surface area contributed by atoms with Crippen LogP contribution >= 0.6 is 0 Å². The lowest BCUT2D eigenvalue weighted by atomic mass is 10.3. The third kappa shape index (κ3) is 8.80. The molecule has 9 nitrogen and oxygen atoms in total. The molecule has 0 saturated carbocycles. The van der Waals surface area contributed by atoms with Crippen molar-refractivity contribution in [2.75, 3.05) is 80.2 Å². The van der Waals surface area contributed by atoms with Gasteiger partial charge in [0.1, 0.15) is 0 Å². The molecule has 0 aromatic carbocycles. The molecule has 1 heterocycles. The average Bonchev–Trinajstić information content (AvgIpc) is 2.62. The Kier molecular flexibility index (Phi) is 10.0. The van der Waals surface area contributed by atoms with Crippen LogP contribution < -0.4 is 0 Å². The van der Waals surface area contributed by atoms with E-state index in [2.05, 4.69) is 0 Å². The summed E-state index contributed by atoms with van der Waals surface area (Å²) >= 11 is 0. The number of hydrogen-bond acceptors (Lipinski definition) is 9. The maximum absolute atomic E-state index is 11.6. The minimum atomic E-state index is -0.309. The van der Waals surface area contributed by atoms with Crippen molar-refractivity contribution in [1.82, 2.24) is 14.7 Å². The highest BCUT2D eigenvalue weighted by Crippen LogP contribution is 2.03. The van der Waals surface area contributed by atoms with Crippen molar-refractivity contribution in [3.63, 3.8) is 0 Å². The highest BCUT2D eigenvalue weighted by Gasteiger charge is 2.20. The van der Waals surface area contributed by atoms with Gasteiger partial charge in [-0.25, -0.2) is 0 Å². The molecule has 0 N–H and O–H groups in total. The van der Waals surface area contributed by atoms with Gasteiger partial charge in [-0.2, -0.15) is 0 Å². The van der Waals surface area contributed by atoms with Gasteiger partial charge in [-0.3, -0.25) is 29.1 Å². The van der Waals surface area contributed by atoms with E-state index in [-0.39, 0.29) is 37.5 Å². The molecule has 0 amide bonds. The van der Waals surface area contributed by atoms with Gasteiger partial charge in [-0.15, -0.1) is 0 Å². The zero-order valence-corrected chi connectivity index (χ0v) is 15.4. The van der Waals surface area contributed by atoms with Crippen LogP contribution in [0.2, 0.25) is 0 Å². The van der Waals surface area contributed by atoms with Gasteiger partial charge < -0.3 is 14.2 Å². The highest BCUT2D eigenvalue weighted by molar-refractivity contribution is 5.72. The number of nitrogens with zero attached hydrogens (tertiary/aromatic N) is 3. The molecule has 0 aromatic heterocycles. The van der Waals surface area contributed by atoms with Crippen LogP contribution in [-0.2, 0) is 28.6 Å². The van der Waals surface area contributed by atoms with Gasteiger partial charge in [0.05, 0.1) is 41.0 Å². The van der Waals surface area contributed by atoms with Gasteiger partial charge in [0.25, 0.3) is 0 Å². The first-order valence-electron chi connectivity index (χ1n) is 8.36. The SMILES string of the molecule is COC(=O)CN1CCCN(CC(=O)OC)CCN(CC(=O)OC)CC1. The lowest BCUT2D eigenvalue weighted by Crippen LogP contribution is -2.46. The maximum atomic E-state index is 11.6. The zero-order valence-electron chi connectivity index (χ0n) is 15.4. The first kappa shape index (κ1) is 21.3. The van der Waals surface area contributed by atoms with Crippen molar-refractivity contribution < 1.29 is 28.6 Å². The molecular weight excluding hydrogens is 330 g/mol. The average molecular weight is 359 g/mol. The van der Waals surface area contributed by atoms with Crippen molar-refractivity contribution in [3.8, 4) is 0 Å². The number of carbonyl (C=O) groups excluding carboxylic acids is 3. The monoisotopic (exact) mass is 359 g/mol. The first-order valence-corrected chi connectivity index (χ1v) is 8.36. The van der Waals surface area contributed by atoms with Gasteiger partial charge in [-0.1, -0.05) is 0 Å². The van der Waals surface area contributed by atoms with Crippen molar-refractivity contribution in [3.05, 3.63) is 0 Å². The summed E-state index contributed by atoms with van der Waals surface area (Å²) in [5.41, 5.74) is 0. The molecule has 1 fully saturated rings. The van der Waals surface area contributed by atoms with Crippen molar-refractivity contribution in [2.24, 2.45) is 0 Å². The van der Waals surface area contributed by atoms with E-state index < -0.39 is 0 Å². The van der Waals surface area contributed by atoms with Crippen LogP contribution in [0.15, 0.2) is 0 Å². The van der Waals surface area contributed by atoms with Gasteiger partial charge in [0, 0.05) is 39.3 Å². The summed E-state index contributed by atoms with van der Waals surface area (Å²) in [4.78, 5) is 40.7. The number of ether oxygens (including phenoxy) is 3. The lowest BCUT2D eigenvalue weighted by Gasteiger charge is -2.31. The highest BCUT2D eigenvalue weighted by atomic mass is 16.5. The van der Waals surface area contributed by atoms with Crippen LogP contribution in [0.1, 0.15) is 6.42 Å². The number of hydrogen-bond donors (Lipinski definition) is 0. The minimum absolute atomic E-state index is 0.175. The molecular formula is C16H29N3O6. The molecule has 1 rings (SSSR count). The Morgan fingerprint density at radius 3 is 1.16 bits per heavy atom. The van der Waals surface area contributed by atoms with E-state index in [4.69, 9.17) is 14.2 Å². The molecule has 9 heteroatoms. The van der Waals surface area contributed by atoms with Gasteiger partial charge in [-0.05, 0) is 6.42 Å². The fraction of sp³-hybridized carbons (Fsp3) is 0.812. The van der Waals surface area contributed by atoms with E-state index >= 15 is 0 Å². The zero-order chi connectivity index (χ0) is 18.7. The van der Waals surface area contributed by atoms with Crippen LogP contribution in [0.3, 0.4) is 0 Å². The summed E-state index contributed by atoms with van der Waals surface area (Å²) in [6.07, 6.45) is 0.824. The quantitative estimate of drug-likeness (QED) is 0.429. The van der Waals surface area contributed by atoms with E-state index in [1.807, 2.05) is 14.7 Å². The summed E-state index contributed by atoms with van der Waals surface area (Å²) in [5.74, 6) is -0.887. The Hall–Kier alpha value is -1.71. The second-order valence-corrected chi connectivity index (χ2v) is 5.91. The van der Waals surface area contributed by atoms with E-state index in [1.165, 1.54) is 21.3 Å². The predicted octanol–water partition coefficient (Wildman–Crippen LogP) is -1.18. The summed E-state index contributed by atoms with van der Waals surface area (Å²) in [6.45, 7) is 4.56. The van der Waals surface area contributed by atoms with E-state index in [0.717, 1.165) is 6.42 Å². The van der Waals surface area contributed by atoms with Crippen molar-refractivity contribution in [2.45, 2.75) is 6.42 Å². The third-order valence-electron chi connectivity index (χ3n) is 4.15. The lowest BCUT2D eigenvalue weighted by molar-refractivity contribution is -0.144. The summed E-state index contributed by atoms with van der Waals surface area (Å²) in [7, 11) is 4.09. The Morgan fingerprint density at radius 1 is 0.600 bits per heavy atom. The van der Waals surface area contributed by atoms with Crippen LogP contribution in [0, 0.1) is 0 Å². The largest absolute Gasteiger partial charge is 0.468 e. The van der Waals surface area contributed by atoms with Gasteiger partial charge in [0.2, 0.25) is 0 Å². The van der Waals surface area contributed by atoms with Crippen LogP contribution in [0.25, 0.3) is 0 Å². The first-order chi connectivity index (χ1) is 12.0. The molecule has 0 bridgehead atoms. The predicted molar refractivity (Wildman–Crippen MR) is 90.0 cm³/mol. The Labute approximate surface area is 148 Å². The van der Waals surface area contributed by atoms with Gasteiger partial charge in [0.15, 0.2) is 0 Å². The molecule has 0 radical (unpaired) electrons. The maximum Gasteiger partial charge on any atom is 0.319 e. The molecule has 0 aliphatic carbocycles. The Morgan fingerprint density at radius 2 is 0.880 bits per heavy atom. The third-order valence-corrected chi connectivity index (χ3v) is 4.15. The number of carbonyl (C=O) groups is 3. The second kappa shape index (κ2) is 11.8. The summed E-state index contributed by atoms with van der Waals surface area (Å²) in [6, 6.07) is 0. The Balaban J connectivity index is 2.72. The molecule has 25 heavy (non-hydrogen) atoms. The molecule has 0 unspecified atom stereocenters. The standard InChI is InChI=1S/C16H29N3O6/c1-23-14(20)11-17-5-4-6-18(12-15(21)24-2)8-10-19(9-7-17)13-16(22)25-3/h4-13H2,1-3H3. The Bertz CT molecular complexity index is 416. The van der Waals surface area contributed by atoms with E-state index in [0.29, 0.717) is 39.3 Å². The van der Waals surface area contributed by atoms with Crippen LogP contribution in [0.4, 0.5) is 0 Å². The molecule has 0 spiro atoms. The van der Waals surface area contributed by atoms with Crippen molar-refractivity contribution in [1.29, 1.82) is 0 Å². The van der Waals surface area contributed by atoms with E-state index in [9.17, 15) is 14.4 Å². The smallest absolute Gasteiger partial charge is 0.319 e. The van der Waals surface area contributed by atoms with Gasteiger partial charge >= 0.3 is 17.9 Å². The normalized spacial score (nSPS) is 18.4. The molecule has 1 saturated heterocycles. The topological polar surface area (TPSA) is 88.6 Å².